The van der Waals surface area contributed by atoms with Crippen LogP contribution in [0.5, 0.6) is 11.5 Å². The maximum Gasteiger partial charge on any atom is 0.123 e. The van der Waals surface area contributed by atoms with Gasteiger partial charge in [0.05, 0.1) is 7.11 Å². The van der Waals surface area contributed by atoms with Crippen LogP contribution in [0.2, 0.25) is 5.02 Å². The molecular formula is C14H14ClNO2. The average Bonchev–Trinajstić information content (AvgIpc) is 2.37. The first-order valence-electron chi connectivity index (χ1n) is 5.54. The Morgan fingerprint density at radius 2 is 2.06 bits per heavy atom. The van der Waals surface area contributed by atoms with E-state index in [1.165, 1.54) is 0 Å². The van der Waals surface area contributed by atoms with E-state index in [0.717, 1.165) is 17.0 Å². The van der Waals surface area contributed by atoms with Gasteiger partial charge in [-0.05, 0) is 30.3 Å². The molecule has 0 aromatic heterocycles. The molecule has 2 N–H and O–H groups in total. The molecule has 2 rings (SSSR count). The Balaban J connectivity index is 2.12. The van der Waals surface area contributed by atoms with Gasteiger partial charge < -0.3 is 15.2 Å². The van der Waals surface area contributed by atoms with Crippen LogP contribution in [0.1, 0.15) is 5.56 Å². The van der Waals surface area contributed by atoms with Crippen LogP contribution in [0, 0.1) is 0 Å². The van der Waals surface area contributed by atoms with Crippen molar-refractivity contribution in [2.75, 3.05) is 12.4 Å². The fourth-order valence-corrected chi connectivity index (χ4v) is 1.89. The van der Waals surface area contributed by atoms with E-state index in [4.69, 9.17) is 16.3 Å². The molecule has 0 heterocycles. The molecule has 0 spiro atoms. The molecule has 0 saturated carbocycles. The molecule has 0 unspecified atom stereocenters. The molecule has 2 aromatic rings. The van der Waals surface area contributed by atoms with Gasteiger partial charge in [0.2, 0.25) is 0 Å². The fraction of sp³-hybridized carbons (Fsp3) is 0.143. The molecule has 0 aliphatic heterocycles. The molecule has 0 atom stereocenters. The predicted octanol–water partition coefficient (Wildman–Crippen LogP) is 3.67. The molecule has 3 nitrogen and oxygen atoms in total. The lowest BCUT2D eigenvalue weighted by molar-refractivity contribution is 0.410. The van der Waals surface area contributed by atoms with Crippen LogP contribution in [-0.2, 0) is 6.54 Å². The number of rotatable bonds is 4. The largest absolute Gasteiger partial charge is 0.508 e. The van der Waals surface area contributed by atoms with E-state index in [1.807, 2.05) is 18.2 Å². The van der Waals surface area contributed by atoms with Crippen molar-refractivity contribution in [3.05, 3.63) is 53.1 Å². The van der Waals surface area contributed by atoms with Gasteiger partial charge in [-0.2, -0.15) is 0 Å². The van der Waals surface area contributed by atoms with Crippen LogP contribution in [0.15, 0.2) is 42.5 Å². The minimum Gasteiger partial charge on any atom is -0.508 e. The lowest BCUT2D eigenvalue weighted by atomic mass is 10.2. The zero-order valence-electron chi connectivity index (χ0n) is 9.98. The van der Waals surface area contributed by atoms with Crippen molar-refractivity contribution in [2.24, 2.45) is 0 Å². The van der Waals surface area contributed by atoms with Crippen LogP contribution in [-0.4, -0.2) is 12.2 Å². The van der Waals surface area contributed by atoms with Gasteiger partial charge in [0.15, 0.2) is 0 Å². The lowest BCUT2D eigenvalue weighted by Gasteiger charge is -2.11. The summed E-state index contributed by atoms with van der Waals surface area (Å²) in [4.78, 5) is 0. The summed E-state index contributed by atoms with van der Waals surface area (Å²) in [5, 5.41) is 13.2. The molecule has 0 radical (unpaired) electrons. The van der Waals surface area contributed by atoms with Crippen molar-refractivity contribution in [3.63, 3.8) is 0 Å². The number of nitrogens with one attached hydrogen (secondary N) is 1. The summed E-state index contributed by atoms with van der Waals surface area (Å²) in [6, 6.07) is 12.4. The molecule has 0 aliphatic carbocycles. The van der Waals surface area contributed by atoms with Crippen molar-refractivity contribution in [1.82, 2.24) is 0 Å². The van der Waals surface area contributed by atoms with Gasteiger partial charge in [-0.15, -0.1) is 0 Å². The predicted molar refractivity (Wildman–Crippen MR) is 73.4 cm³/mol. The summed E-state index contributed by atoms with van der Waals surface area (Å²) in [6.45, 7) is 0.577. The molecule has 2 aromatic carbocycles. The summed E-state index contributed by atoms with van der Waals surface area (Å²) in [7, 11) is 1.63. The second-order valence-corrected chi connectivity index (χ2v) is 4.30. The molecule has 0 saturated heterocycles. The van der Waals surface area contributed by atoms with Crippen LogP contribution in [0.4, 0.5) is 5.69 Å². The molecule has 0 fully saturated rings. The maximum atomic E-state index is 9.37. The van der Waals surface area contributed by atoms with Crippen LogP contribution in [0.25, 0.3) is 0 Å². The van der Waals surface area contributed by atoms with Gasteiger partial charge in [0.25, 0.3) is 0 Å². The Morgan fingerprint density at radius 3 is 2.78 bits per heavy atom. The minimum absolute atomic E-state index is 0.234. The molecule has 4 heteroatoms. The zero-order valence-corrected chi connectivity index (χ0v) is 10.7. The molecule has 0 aliphatic rings. The maximum absolute atomic E-state index is 9.37. The van der Waals surface area contributed by atoms with Crippen LogP contribution >= 0.6 is 11.6 Å². The summed E-state index contributed by atoms with van der Waals surface area (Å²) in [6.07, 6.45) is 0. The van der Waals surface area contributed by atoms with Gasteiger partial charge in [0.1, 0.15) is 11.5 Å². The first kappa shape index (κ1) is 12.6. The SMILES string of the molecule is COc1ccc(Cl)cc1CNc1cccc(O)c1. The fourth-order valence-electron chi connectivity index (χ4n) is 1.70. The Labute approximate surface area is 111 Å². The minimum atomic E-state index is 0.234. The van der Waals surface area contributed by atoms with Crippen molar-refractivity contribution >= 4 is 17.3 Å². The number of benzene rings is 2. The summed E-state index contributed by atoms with van der Waals surface area (Å²) >= 11 is 5.96. The first-order chi connectivity index (χ1) is 8.69. The van der Waals surface area contributed by atoms with E-state index in [2.05, 4.69) is 5.32 Å². The number of anilines is 1. The highest BCUT2D eigenvalue weighted by Gasteiger charge is 2.04. The Bertz CT molecular complexity index is 543. The molecule has 0 bridgehead atoms. The topological polar surface area (TPSA) is 41.5 Å². The van der Waals surface area contributed by atoms with Gasteiger partial charge in [-0.25, -0.2) is 0 Å². The number of ether oxygens (including phenoxy) is 1. The van der Waals surface area contributed by atoms with E-state index < -0.39 is 0 Å². The van der Waals surface area contributed by atoms with E-state index in [0.29, 0.717) is 11.6 Å². The highest BCUT2D eigenvalue weighted by molar-refractivity contribution is 6.30. The van der Waals surface area contributed by atoms with Crippen molar-refractivity contribution < 1.29 is 9.84 Å². The average molecular weight is 264 g/mol. The Morgan fingerprint density at radius 1 is 1.22 bits per heavy atom. The smallest absolute Gasteiger partial charge is 0.123 e. The van der Waals surface area contributed by atoms with E-state index >= 15 is 0 Å². The number of hydrogen-bond acceptors (Lipinski definition) is 3. The van der Waals surface area contributed by atoms with Crippen LogP contribution in [0.3, 0.4) is 0 Å². The third kappa shape index (κ3) is 3.08. The molecular weight excluding hydrogens is 250 g/mol. The van der Waals surface area contributed by atoms with Crippen LogP contribution < -0.4 is 10.1 Å². The van der Waals surface area contributed by atoms with Crippen molar-refractivity contribution in [3.8, 4) is 11.5 Å². The monoisotopic (exact) mass is 263 g/mol. The number of phenols is 1. The molecule has 94 valence electrons. The number of aromatic hydroxyl groups is 1. The quantitative estimate of drug-likeness (QED) is 0.884. The van der Waals surface area contributed by atoms with Gasteiger partial charge in [0, 0.05) is 28.9 Å². The third-order valence-electron chi connectivity index (χ3n) is 2.57. The number of methoxy groups -OCH3 is 1. The van der Waals surface area contributed by atoms with E-state index in [1.54, 1.807) is 31.4 Å². The van der Waals surface area contributed by atoms with E-state index in [-0.39, 0.29) is 5.75 Å². The molecule has 18 heavy (non-hydrogen) atoms. The summed E-state index contributed by atoms with van der Waals surface area (Å²) in [5.74, 6) is 1.02. The number of halogens is 1. The van der Waals surface area contributed by atoms with Gasteiger partial charge in [-0.1, -0.05) is 17.7 Å². The first-order valence-corrected chi connectivity index (χ1v) is 5.92. The third-order valence-corrected chi connectivity index (χ3v) is 2.81. The standard InChI is InChI=1S/C14H14ClNO2/c1-18-14-6-5-11(15)7-10(14)9-16-12-3-2-4-13(17)8-12/h2-8,16-17H,9H2,1H3. The normalized spacial score (nSPS) is 10.1. The zero-order chi connectivity index (χ0) is 13.0. The van der Waals surface area contributed by atoms with Gasteiger partial charge >= 0.3 is 0 Å². The summed E-state index contributed by atoms with van der Waals surface area (Å²) in [5.41, 5.74) is 1.81. The highest BCUT2D eigenvalue weighted by atomic mass is 35.5. The lowest BCUT2D eigenvalue weighted by Crippen LogP contribution is -2.01. The van der Waals surface area contributed by atoms with Crippen molar-refractivity contribution in [2.45, 2.75) is 6.54 Å². The van der Waals surface area contributed by atoms with Crippen molar-refractivity contribution in [1.29, 1.82) is 0 Å². The van der Waals surface area contributed by atoms with E-state index in [9.17, 15) is 5.11 Å². The number of hydrogen-bond donors (Lipinski definition) is 2. The van der Waals surface area contributed by atoms with Gasteiger partial charge in [-0.3, -0.25) is 0 Å². The Kier molecular flexibility index (Phi) is 3.95. The Hall–Kier alpha value is -1.87. The second-order valence-electron chi connectivity index (χ2n) is 3.86. The number of phenolic OH excluding ortho intramolecular Hbond substituents is 1. The highest BCUT2D eigenvalue weighted by Crippen LogP contribution is 2.24. The summed E-state index contributed by atoms with van der Waals surface area (Å²) < 4.78 is 5.26. The molecule has 0 amide bonds. The second kappa shape index (κ2) is 5.65.